The molecule has 0 aliphatic carbocycles. The van der Waals surface area contributed by atoms with Gasteiger partial charge in [0.05, 0.1) is 11.8 Å². The summed E-state index contributed by atoms with van der Waals surface area (Å²) in [5.74, 6) is -0.675. The van der Waals surface area contributed by atoms with Crippen molar-refractivity contribution in [2.75, 3.05) is 11.9 Å². The van der Waals surface area contributed by atoms with Crippen LogP contribution >= 0.6 is 0 Å². The van der Waals surface area contributed by atoms with Gasteiger partial charge in [-0.2, -0.15) is 5.10 Å². The molecule has 0 unspecified atom stereocenters. The number of aryl methyl sites for hydroxylation is 2. The number of anilines is 1. The van der Waals surface area contributed by atoms with Crippen molar-refractivity contribution in [3.05, 3.63) is 47.0 Å². The van der Waals surface area contributed by atoms with Gasteiger partial charge < -0.3 is 11.1 Å². The molecule has 1 aromatic carbocycles. The highest BCUT2D eigenvalue weighted by Crippen LogP contribution is 2.18. The molecule has 6 heteroatoms. The minimum Gasteiger partial charge on any atom is -0.330 e. The molecule has 0 radical (unpaired) electrons. The number of halogens is 1. The molecular weight excluding hydrogens is 271 g/mol. The lowest BCUT2D eigenvalue weighted by atomic mass is 10.1. The van der Waals surface area contributed by atoms with Gasteiger partial charge in [0.1, 0.15) is 5.82 Å². The van der Waals surface area contributed by atoms with Crippen LogP contribution in [0.4, 0.5) is 10.1 Å². The fourth-order valence-corrected chi connectivity index (χ4v) is 2.05. The first-order chi connectivity index (χ1) is 10.0. The first-order valence-corrected chi connectivity index (χ1v) is 6.83. The summed E-state index contributed by atoms with van der Waals surface area (Å²) >= 11 is 0. The lowest BCUT2D eigenvalue weighted by Gasteiger charge is -2.08. The Kier molecular flexibility index (Phi) is 4.70. The van der Waals surface area contributed by atoms with Crippen molar-refractivity contribution in [2.24, 2.45) is 5.73 Å². The Hall–Kier alpha value is -2.21. The van der Waals surface area contributed by atoms with Gasteiger partial charge in [0.2, 0.25) is 0 Å². The average Bonchev–Trinajstić information content (AvgIpc) is 2.82. The van der Waals surface area contributed by atoms with Crippen molar-refractivity contribution in [1.82, 2.24) is 9.78 Å². The molecular formula is C15H19FN4O. The van der Waals surface area contributed by atoms with Crippen molar-refractivity contribution < 1.29 is 9.18 Å². The van der Waals surface area contributed by atoms with Crippen LogP contribution in [0.3, 0.4) is 0 Å². The van der Waals surface area contributed by atoms with Gasteiger partial charge in [0.25, 0.3) is 5.91 Å². The minimum absolute atomic E-state index is 0.291. The molecule has 0 aliphatic heterocycles. The summed E-state index contributed by atoms with van der Waals surface area (Å²) in [6.07, 6.45) is 2.32. The zero-order chi connectivity index (χ0) is 15.4. The maximum absolute atomic E-state index is 13.2. The summed E-state index contributed by atoms with van der Waals surface area (Å²) < 4.78 is 15.0. The number of nitrogens with one attached hydrogen (secondary N) is 1. The number of hydrogen-bond donors (Lipinski definition) is 2. The zero-order valence-corrected chi connectivity index (χ0v) is 12.2. The van der Waals surface area contributed by atoms with Gasteiger partial charge in [-0.3, -0.25) is 9.48 Å². The maximum atomic E-state index is 13.2. The molecule has 1 heterocycles. The van der Waals surface area contributed by atoms with Gasteiger partial charge in [0.15, 0.2) is 0 Å². The third-order valence-electron chi connectivity index (χ3n) is 3.37. The van der Waals surface area contributed by atoms with E-state index in [1.165, 1.54) is 18.3 Å². The number of aromatic nitrogens is 2. The Morgan fingerprint density at radius 1 is 1.43 bits per heavy atom. The van der Waals surface area contributed by atoms with Crippen LogP contribution in [0.2, 0.25) is 0 Å². The van der Waals surface area contributed by atoms with E-state index >= 15 is 0 Å². The predicted octanol–water partition coefficient (Wildman–Crippen LogP) is 2.24. The number of carbonyl (C=O) groups excluding carboxylic acids is 1. The second kappa shape index (κ2) is 6.49. The number of amides is 1. The first kappa shape index (κ1) is 15.2. The number of nitrogens with zero attached hydrogens (tertiary/aromatic N) is 2. The quantitative estimate of drug-likeness (QED) is 0.887. The summed E-state index contributed by atoms with van der Waals surface area (Å²) in [5, 5.41) is 6.90. The average molecular weight is 290 g/mol. The van der Waals surface area contributed by atoms with Gasteiger partial charge in [0, 0.05) is 17.9 Å². The van der Waals surface area contributed by atoms with Crippen molar-refractivity contribution >= 4 is 11.6 Å². The van der Waals surface area contributed by atoms with Crippen LogP contribution in [0.5, 0.6) is 0 Å². The van der Waals surface area contributed by atoms with Crippen LogP contribution in [0.15, 0.2) is 24.4 Å². The maximum Gasteiger partial charge on any atom is 0.259 e. The van der Waals surface area contributed by atoms with E-state index in [2.05, 4.69) is 10.4 Å². The van der Waals surface area contributed by atoms with E-state index in [4.69, 9.17) is 5.73 Å². The molecule has 5 nitrogen and oxygen atoms in total. The van der Waals surface area contributed by atoms with Crippen LogP contribution < -0.4 is 11.1 Å². The highest BCUT2D eigenvalue weighted by molar-refractivity contribution is 6.05. The number of carbonyl (C=O) groups is 1. The normalized spacial score (nSPS) is 10.7. The molecule has 1 aromatic heterocycles. The summed E-state index contributed by atoms with van der Waals surface area (Å²) in [4.78, 5) is 12.3. The van der Waals surface area contributed by atoms with E-state index in [-0.39, 0.29) is 11.7 Å². The lowest BCUT2D eigenvalue weighted by Crippen LogP contribution is -2.15. The number of nitrogens with two attached hydrogens (primary N) is 1. The zero-order valence-electron chi connectivity index (χ0n) is 12.2. The standard InChI is InChI=1S/C15H19FN4O/c1-10-4-5-12(16)8-14(10)19-15(21)13-9-18-20(11(13)2)7-3-6-17/h4-5,8-9H,3,6-7,17H2,1-2H3,(H,19,21). The Balaban J connectivity index is 2.17. The molecule has 0 aliphatic rings. The van der Waals surface area contributed by atoms with Crippen LogP contribution in [0.25, 0.3) is 0 Å². The van der Waals surface area contributed by atoms with Gasteiger partial charge in [-0.1, -0.05) is 6.07 Å². The van der Waals surface area contributed by atoms with E-state index in [0.717, 1.165) is 17.7 Å². The number of rotatable bonds is 5. The molecule has 2 aromatic rings. The van der Waals surface area contributed by atoms with Crippen molar-refractivity contribution in [2.45, 2.75) is 26.8 Å². The summed E-state index contributed by atoms with van der Waals surface area (Å²) in [7, 11) is 0. The lowest BCUT2D eigenvalue weighted by molar-refractivity contribution is 0.102. The van der Waals surface area contributed by atoms with Gasteiger partial charge in [-0.15, -0.1) is 0 Å². The van der Waals surface area contributed by atoms with Crippen LogP contribution in [-0.4, -0.2) is 22.2 Å². The highest BCUT2D eigenvalue weighted by atomic mass is 19.1. The Bertz CT molecular complexity index is 651. The van der Waals surface area contributed by atoms with Crippen LogP contribution in [0.1, 0.15) is 28.0 Å². The molecule has 0 fully saturated rings. The number of benzene rings is 1. The minimum atomic E-state index is -0.383. The fourth-order valence-electron chi connectivity index (χ4n) is 2.05. The van der Waals surface area contributed by atoms with Gasteiger partial charge in [-0.25, -0.2) is 4.39 Å². The first-order valence-electron chi connectivity index (χ1n) is 6.83. The van der Waals surface area contributed by atoms with E-state index < -0.39 is 0 Å². The molecule has 0 saturated heterocycles. The van der Waals surface area contributed by atoms with Gasteiger partial charge >= 0.3 is 0 Å². The molecule has 112 valence electrons. The summed E-state index contributed by atoms with van der Waals surface area (Å²) in [6.45, 7) is 4.89. The molecule has 3 N–H and O–H groups in total. The molecule has 0 saturated carbocycles. The van der Waals surface area contributed by atoms with Crippen molar-refractivity contribution in [3.63, 3.8) is 0 Å². The van der Waals surface area contributed by atoms with Gasteiger partial charge in [-0.05, 0) is 44.5 Å². The second-order valence-corrected chi connectivity index (χ2v) is 4.92. The molecule has 0 spiro atoms. The number of hydrogen-bond acceptors (Lipinski definition) is 3. The SMILES string of the molecule is Cc1ccc(F)cc1NC(=O)c1cnn(CCCN)c1C. The predicted molar refractivity (Wildman–Crippen MR) is 79.7 cm³/mol. The highest BCUT2D eigenvalue weighted by Gasteiger charge is 2.15. The third-order valence-corrected chi connectivity index (χ3v) is 3.37. The van der Waals surface area contributed by atoms with E-state index in [9.17, 15) is 9.18 Å². The monoisotopic (exact) mass is 290 g/mol. The smallest absolute Gasteiger partial charge is 0.259 e. The molecule has 2 rings (SSSR count). The second-order valence-electron chi connectivity index (χ2n) is 4.92. The topological polar surface area (TPSA) is 72.9 Å². The van der Waals surface area contributed by atoms with E-state index in [1.54, 1.807) is 10.7 Å². The largest absolute Gasteiger partial charge is 0.330 e. The van der Waals surface area contributed by atoms with Crippen LogP contribution in [0, 0.1) is 19.7 Å². The van der Waals surface area contributed by atoms with E-state index in [1.807, 2.05) is 13.8 Å². The molecule has 21 heavy (non-hydrogen) atoms. The molecule has 0 bridgehead atoms. The summed E-state index contributed by atoms with van der Waals surface area (Å²) in [6, 6.07) is 4.30. The Morgan fingerprint density at radius 2 is 2.19 bits per heavy atom. The van der Waals surface area contributed by atoms with Crippen LogP contribution in [-0.2, 0) is 6.54 Å². The van der Waals surface area contributed by atoms with Crippen molar-refractivity contribution in [3.8, 4) is 0 Å². The summed E-state index contributed by atoms with van der Waals surface area (Å²) in [5.41, 5.74) is 8.00. The Morgan fingerprint density at radius 3 is 2.90 bits per heavy atom. The Labute approximate surface area is 123 Å². The third kappa shape index (κ3) is 3.46. The van der Waals surface area contributed by atoms with E-state index in [0.29, 0.717) is 24.3 Å². The van der Waals surface area contributed by atoms with Crippen molar-refractivity contribution in [1.29, 1.82) is 0 Å². The fraction of sp³-hybridized carbons (Fsp3) is 0.333. The molecule has 1 amide bonds. The molecule has 0 atom stereocenters.